The van der Waals surface area contributed by atoms with Crippen molar-refractivity contribution >= 4 is 16.8 Å². The summed E-state index contributed by atoms with van der Waals surface area (Å²) in [6.45, 7) is 10.9. The molecule has 140 valence electrons. The highest BCUT2D eigenvalue weighted by molar-refractivity contribution is 5.78. The second-order valence-corrected chi connectivity index (χ2v) is 8.10. The van der Waals surface area contributed by atoms with Crippen LogP contribution in [0.5, 0.6) is 0 Å². The molecule has 2 heterocycles. The van der Waals surface area contributed by atoms with Crippen LogP contribution in [0.1, 0.15) is 27.2 Å². The number of carbonyl (C=O) groups excluding carboxylic acids is 1. The Kier molecular flexibility index (Phi) is 5.36. The van der Waals surface area contributed by atoms with Crippen molar-refractivity contribution in [3.05, 3.63) is 34.6 Å². The monoisotopic (exact) mass is 357 g/mol. The molecule has 0 radical (unpaired) electrons. The molecule has 3 rings (SSSR count). The van der Waals surface area contributed by atoms with E-state index < -0.39 is 0 Å². The predicted octanol–water partition coefficient (Wildman–Crippen LogP) is 1.37. The number of amides is 1. The SMILES string of the molecule is CC(C)(C)CCN1CCN(C(=O)Cn2nnc3ccccc3c2=O)CC1. The van der Waals surface area contributed by atoms with Crippen molar-refractivity contribution in [2.24, 2.45) is 5.41 Å². The zero-order chi connectivity index (χ0) is 18.7. The van der Waals surface area contributed by atoms with Crippen molar-refractivity contribution < 1.29 is 4.79 Å². The molecule has 1 aromatic carbocycles. The molecule has 0 aliphatic carbocycles. The van der Waals surface area contributed by atoms with Crippen molar-refractivity contribution in [1.29, 1.82) is 0 Å². The highest BCUT2D eigenvalue weighted by atomic mass is 16.2. The van der Waals surface area contributed by atoms with Crippen molar-refractivity contribution in [2.45, 2.75) is 33.7 Å². The third-order valence-electron chi connectivity index (χ3n) is 4.82. The van der Waals surface area contributed by atoms with Crippen LogP contribution in [-0.2, 0) is 11.3 Å². The van der Waals surface area contributed by atoms with E-state index in [0.29, 0.717) is 29.4 Å². The van der Waals surface area contributed by atoms with Crippen LogP contribution in [0.25, 0.3) is 10.9 Å². The van der Waals surface area contributed by atoms with Gasteiger partial charge in [-0.25, -0.2) is 4.68 Å². The van der Waals surface area contributed by atoms with Gasteiger partial charge in [0.1, 0.15) is 12.1 Å². The van der Waals surface area contributed by atoms with Crippen LogP contribution in [0.15, 0.2) is 29.1 Å². The predicted molar refractivity (Wildman–Crippen MR) is 101 cm³/mol. The molecule has 1 aliphatic heterocycles. The summed E-state index contributed by atoms with van der Waals surface area (Å²) in [5.74, 6) is -0.0767. The van der Waals surface area contributed by atoms with E-state index in [1.165, 1.54) is 0 Å². The standard InChI is InChI=1S/C19H27N5O2/c1-19(2,3)8-9-22-10-12-23(13-11-22)17(25)14-24-18(26)15-6-4-5-7-16(15)20-21-24/h4-7H,8-14H2,1-3H3. The van der Waals surface area contributed by atoms with Crippen molar-refractivity contribution in [3.8, 4) is 0 Å². The number of benzene rings is 1. The fraction of sp³-hybridized carbons (Fsp3) is 0.579. The Labute approximate surface area is 153 Å². The molecule has 7 nitrogen and oxygen atoms in total. The second-order valence-electron chi connectivity index (χ2n) is 8.10. The molecule has 1 amide bonds. The fourth-order valence-corrected chi connectivity index (χ4v) is 3.07. The average molecular weight is 357 g/mol. The van der Waals surface area contributed by atoms with E-state index in [9.17, 15) is 9.59 Å². The van der Waals surface area contributed by atoms with E-state index in [1.54, 1.807) is 18.2 Å². The Morgan fingerprint density at radius 1 is 1.12 bits per heavy atom. The maximum Gasteiger partial charge on any atom is 0.278 e. The minimum Gasteiger partial charge on any atom is -0.339 e. The largest absolute Gasteiger partial charge is 0.339 e. The molecule has 1 aliphatic rings. The summed E-state index contributed by atoms with van der Waals surface area (Å²) in [7, 11) is 0. The van der Waals surface area contributed by atoms with Gasteiger partial charge < -0.3 is 4.90 Å². The Morgan fingerprint density at radius 3 is 2.50 bits per heavy atom. The van der Waals surface area contributed by atoms with Gasteiger partial charge >= 0.3 is 0 Å². The highest BCUT2D eigenvalue weighted by Gasteiger charge is 2.23. The highest BCUT2D eigenvalue weighted by Crippen LogP contribution is 2.19. The maximum absolute atomic E-state index is 12.6. The Morgan fingerprint density at radius 2 is 1.81 bits per heavy atom. The molecule has 0 atom stereocenters. The minimum absolute atomic E-state index is 0.0569. The van der Waals surface area contributed by atoms with Gasteiger partial charge in [-0.3, -0.25) is 14.5 Å². The lowest BCUT2D eigenvalue weighted by Crippen LogP contribution is -2.50. The number of fused-ring (bicyclic) bond motifs is 1. The van der Waals surface area contributed by atoms with Crippen molar-refractivity contribution in [2.75, 3.05) is 32.7 Å². The number of hydrogen-bond acceptors (Lipinski definition) is 5. The molecule has 1 saturated heterocycles. The Balaban J connectivity index is 1.58. The number of hydrogen-bond donors (Lipinski definition) is 0. The molecule has 0 N–H and O–H groups in total. The van der Waals surface area contributed by atoms with Crippen LogP contribution >= 0.6 is 0 Å². The van der Waals surface area contributed by atoms with E-state index in [0.717, 1.165) is 30.7 Å². The number of nitrogens with zero attached hydrogens (tertiary/aromatic N) is 5. The van der Waals surface area contributed by atoms with Crippen LogP contribution in [0.3, 0.4) is 0 Å². The lowest BCUT2D eigenvalue weighted by atomic mass is 9.92. The normalized spacial score (nSPS) is 16.2. The Bertz CT molecular complexity index is 832. The first-order chi connectivity index (χ1) is 12.3. The van der Waals surface area contributed by atoms with Crippen molar-refractivity contribution in [3.63, 3.8) is 0 Å². The van der Waals surface area contributed by atoms with E-state index >= 15 is 0 Å². The smallest absolute Gasteiger partial charge is 0.278 e. The molecule has 0 spiro atoms. The molecular formula is C19H27N5O2. The topological polar surface area (TPSA) is 71.3 Å². The third-order valence-corrected chi connectivity index (χ3v) is 4.82. The van der Waals surface area contributed by atoms with Gasteiger partial charge in [-0.05, 0) is 30.5 Å². The van der Waals surface area contributed by atoms with E-state index in [-0.39, 0.29) is 18.0 Å². The summed E-state index contributed by atoms with van der Waals surface area (Å²) in [6.07, 6.45) is 1.14. The van der Waals surface area contributed by atoms with Gasteiger partial charge in [0.2, 0.25) is 5.91 Å². The molecule has 1 aromatic heterocycles. The molecule has 26 heavy (non-hydrogen) atoms. The molecular weight excluding hydrogens is 330 g/mol. The quantitative estimate of drug-likeness (QED) is 0.826. The summed E-state index contributed by atoms with van der Waals surface area (Å²) >= 11 is 0. The van der Waals surface area contributed by atoms with E-state index in [2.05, 4.69) is 36.0 Å². The van der Waals surface area contributed by atoms with Gasteiger partial charge in [0.15, 0.2) is 0 Å². The first-order valence-electron chi connectivity index (χ1n) is 9.16. The van der Waals surface area contributed by atoms with Gasteiger partial charge in [0.05, 0.1) is 5.39 Å². The number of rotatable bonds is 4. The van der Waals surface area contributed by atoms with Crippen molar-refractivity contribution in [1.82, 2.24) is 24.8 Å². The summed E-state index contributed by atoms with van der Waals surface area (Å²) in [5.41, 5.74) is 0.601. The van der Waals surface area contributed by atoms with Crippen LogP contribution in [0.4, 0.5) is 0 Å². The summed E-state index contributed by atoms with van der Waals surface area (Å²) in [6, 6.07) is 7.05. The fourth-order valence-electron chi connectivity index (χ4n) is 3.07. The van der Waals surface area contributed by atoms with Gasteiger partial charge in [0, 0.05) is 26.2 Å². The summed E-state index contributed by atoms with van der Waals surface area (Å²) < 4.78 is 1.16. The second kappa shape index (κ2) is 7.53. The Hall–Kier alpha value is -2.28. The van der Waals surface area contributed by atoms with Gasteiger partial charge in [0.25, 0.3) is 5.56 Å². The number of piperazine rings is 1. The van der Waals surface area contributed by atoms with Gasteiger partial charge in [-0.1, -0.05) is 38.1 Å². The van der Waals surface area contributed by atoms with Gasteiger partial charge in [-0.15, -0.1) is 5.10 Å². The third kappa shape index (κ3) is 4.46. The zero-order valence-corrected chi connectivity index (χ0v) is 15.8. The van der Waals surface area contributed by atoms with E-state index in [4.69, 9.17) is 0 Å². The minimum atomic E-state index is -0.271. The van der Waals surface area contributed by atoms with E-state index in [1.807, 2.05) is 11.0 Å². The van der Waals surface area contributed by atoms with Crippen LogP contribution in [0.2, 0.25) is 0 Å². The average Bonchev–Trinajstić information content (AvgIpc) is 2.62. The summed E-state index contributed by atoms with van der Waals surface area (Å²) in [5, 5.41) is 8.43. The molecule has 0 saturated carbocycles. The van der Waals surface area contributed by atoms with Crippen LogP contribution in [0, 0.1) is 5.41 Å². The van der Waals surface area contributed by atoms with Crippen LogP contribution < -0.4 is 5.56 Å². The lowest BCUT2D eigenvalue weighted by molar-refractivity contribution is -0.133. The zero-order valence-electron chi connectivity index (χ0n) is 15.8. The van der Waals surface area contributed by atoms with Gasteiger partial charge in [-0.2, -0.15) is 0 Å². The number of carbonyl (C=O) groups is 1. The molecule has 0 unspecified atom stereocenters. The molecule has 7 heteroatoms. The maximum atomic E-state index is 12.6. The molecule has 0 bridgehead atoms. The number of aromatic nitrogens is 3. The van der Waals surface area contributed by atoms with Crippen LogP contribution in [-0.4, -0.2) is 63.4 Å². The first-order valence-corrected chi connectivity index (χ1v) is 9.16. The molecule has 2 aromatic rings. The first kappa shape index (κ1) is 18.5. The lowest BCUT2D eigenvalue weighted by Gasteiger charge is -2.36. The molecule has 1 fully saturated rings. The summed E-state index contributed by atoms with van der Waals surface area (Å²) in [4.78, 5) is 29.2.